The minimum absolute atomic E-state index is 0. The lowest BCUT2D eigenvalue weighted by Gasteiger charge is -1.94. The van der Waals surface area contributed by atoms with Crippen LogP contribution in [0.1, 0.15) is 39.5 Å². The summed E-state index contributed by atoms with van der Waals surface area (Å²) in [7, 11) is 0. The Balaban J connectivity index is 0.00000162. The largest absolute Gasteiger partial charge is 1.00 e. The highest BCUT2D eigenvalue weighted by Crippen LogP contribution is 2.12. The van der Waals surface area contributed by atoms with Crippen molar-refractivity contribution in [2.75, 3.05) is 0 Å². The van der Waals surface area contributed by atoms with Crippen molar-refractivity contribution in [3.8, 4) is 0 Å². The van der Waals surface area contributed by atoms with Crippen molar-refractivity contribution in [1.29, 1.82) is 0 Å². The molecule has 0 aliphatic carbocycles. The summed E-state index contributed by atoms with van der Waals surface area (Å²) in [6.07, 6.45) is 7.30. The Bertz CT molecular complexity index is 440. The molecule has 0 radical (unpaired) electrons. The second-order valence-corrected chi connectivity index (χ2v) is 4.70. The Morgan fingerprint density at radius 2 is 1.74 bits per heavy atom. The molecule has 1 aromatic carbocycles. The summed E-state index contributed by atoms with van der Waals surface area (Å²) >= 11 is 0. The Morgan fingerprint density at radius 1 is 1.05 bits per heavy atom. The minimum Gasteiger partial charge on any atom is -1.00 e. The van der Waals surface area contributed by atoms with E-state index in [0.717, 1.165) is 13.1 Å². The molecule has 0 amide bonds. The zero-order valence-electron chi connectivity index (χ0n) is 11.9. The number of hydrogen-bond donors (Lipinski definition) is 0. The second kappa shape index (κ2) is 9.10. The van der Waals surface area contributed by atoms with Crippen LogP contribution in [0.5, 0.6) is 0 Å². The third-order valence-corrected chi connectivity index (χ3v) is 3.28. The predicted octanol–water partition coefficient (Wildman–Crippen LogP) is -0.292. The van der Waals surface area contributed by atoms with E-state index >= 15 is 0 Å². The van der Waals surface area contributed by atoms with Crippen LogP contribution in [-0.2, 0) is 13.1 Å². The van der Waals surface area contributed by atoms with Crippen molar-refractivity contribution >= 4 is 11.0 Å². The highest BCUT2D eigenvalue weighted by molar-refractivity contribution is 5.71. The summed E-state index contributed by atoms with van der Waals surface area (Å²) in [6.45, 7) is 6.76. The van der Waals surface area contributed by atoms with Gasteiger partial charge in [-0.2, -0.15) is 0 Å². The maximum absolute atomic E-state index is 2.40. The van der Waals surface area contributed by atoms with E-state index in [-0.39, 0.29) is 22.5 Å². The summed E-state index contributed by atoms with van der Waals surface area (Å²) in [6, 6.07) is 8.73. The van der Waals surface area contributed by atoms with Crippen LogP contribution < -0.4 is 21.5 Å². The molecule has 0 aliphatic rings. The summed E-state index contributed by atoms with van der Waals surface area (Å²) in [5, 5.41) is 0. The number of fused-ring (bicyclic) bond motifs is 1. The lowest BCUT2D eigenvalue weighted by Crippen LogP contribution is -3.00. The highest BCUT2D eigenvalue weighted by atomic mass is 79.9. The molecule has 0 spiro atoms. The molecule has 108 valence electrons. The molecule has 0 unspecified atom stereocenters. The Labute approximate surface area is 126 Å². The number of benzene rings is 1. The number of unbranched alkanes of at least 4 members (excludes halogenated alkanes) is 2. The molecule has 0 saturated heterocycles. The monoisotopic (exact) mass is 328 g/mol. The first-order chi connectivity index (χ1) is 8.36. The maximum atomic E-state index is 2.40. The van der Waals surface area contributed by atoms with Crippen molar-refractivity contribution in [2.45, 2.75) is 52.6 Å². The minimum atomic E-state index is 0. The molecule has 0 saturated carbocycles. The van der Waals surface area contributed by atoms with E-state index in [9.17, 15) is 0 Å². The van der Waals surface area contributed by atoms with Crippen LogP contribution in [0.15, 0.2) is 30.6 Å². The highest BCUT2D eigenvalue weighted by Gasteiger charge is 2.13. The van der Waals surface area contributed by atoms with Gasteiger partial charge in [0.1, 0.15) is 0 Å². The molecular formula is C15H25BrN2O. The van der Waals surface area contributed by atoms with Crippen LogP contribution in [-0.4, -0.2) is 10.0 Å². The molecule has 2 aromatic rings. The van der Waals surface area contributed by atoms with Gasteiger partial charge < -0.3 is 22.5 Å². The first kappa shape index (κ1) is 18.1. The van der Waals surface area contributed by atoms with Gasteiger partial charge in [0.05, 0.1) is 13.1 Å². The molecule has 19 heavy (non-hydrogen) atoms. The van der Waals surface area contributed by atoms with Gasteiger partial charge in [-0.15, -0.1) is 0 Å². The van der Waals surface area contributed by atoms with E-state index < -0.39 is 0 Å². The van der Waals surface area contributed by atoms with Gasteiger partial charge in [0.2, 0.25) is 6.33 Å². The molecule has 4 heteroatoms. The van der Waals surface area contributed by atoms with Crippen LogP contribution in [0.25, 0.3) is 11.0 Å². The van der Waals surface area contributed by atoms with Crippen molar-refractivity contribution in [2.24, 2.45) is 0 Å². The Morgan fingerprint density at radius 3 is 2.42 bits per heavy atom. The predicted molar refractivity (Wildman–Crippen MR) is 75.6 cm³/mol. The number of rotatable bonds is 6. The average molecular weight is 329 g/mol. The first-order valence-electron chi connectivity index (χ1n) is 6.84. The van der Waals surface area contributed by atoms with Crippen LogP contribution in [0.2, 0.25) is 0 Å². The van der Waals surface area contributed by atoms with E-state index in [1.54, 1.807) is 0 Å². The number of para-hydroxylation sites is 2. The van der Waals surface area contributed by atoms with Gasteiger partial charge in [0, 0.05) is 0 Å². The lowest BCUT2D eigenvalue weighted by molar-refractivity contribution is -0.672. The summed E-state index contributed by atoms with van der Waals surface area (Å²) in [4.78, 5) is 0. The van der Waals surface area contributed by atoms with Crippen LogP contribution in [0, 0.1) is 0 Å². The summed E-state index contributed by atoms with van der Waals surface area (Å²) in [5.74, 6) is 0. The lowest BCUT2D eigenvalue weighted by atomic mass is 10.3. The van der Waals surface area contributed by atoms with Gasteiger partial charge in [0.25, 0.3) is 0 Å². The SMILES string of the molecule is CCCCn1c[n+](CCCC)c2ccccc21.O.[Br-]. The third kappa shape index (κ3) is 4.32. The van der Waals surface area contributed by atoms with Crippen molar-refractivity contribution in [1.82, 2.24) is 4.57 Å². The van der Waals surface area contributed by atoms with E-state index in [1.165, 1.54) is 36.7 Å². The topological polar surface area (TPSA) is 40.3 Å². The fourth-order valence-corrected chi connectivity index (χ4v) is 2.26. The molecule has 0 atom stereocenters. The zero-order chi connectivity index (χ0) is 12.1. The molecule has 0 fully saturated rings. The van der Waals surface area contributed by atoms with Crippen molar-refractivity contribution < 1.29 is 27.0 Å². The fourth-order valence-electron chi connectivity index (χ4n) is 2.26. The molecule has 2 N–H and O–H groups in total. The first-order valence-corrected chi connectivity index (χ1v) is 6.84. The zero-order valence-corrected chi connectivity index (χ0v) is 13.5. The van der Waals surface area contributed by atoms with E-state index in [2.05, 4.69) is 53.6 Å². The van der Waals surface area contributed by atoms with Crippen LogP contribution in [0.4, 0.5) is 0 Å². The second-order valence-electron chi connectivity index (χ2n) is 4.70. The van der Waals surface area contributed by atoms with Crippen molar-refractivity contribution in [3.63, 3.8) is 0 Å². The standard InChI is InChI=1S/C15H23N2.BrH.H2O/c1-3-5-11-16-13-17(12-6-4-2)15-10-8-7-9-14(15)16;;/h7-10,13H,3-6,11-12H2,1-2H3;1H;1H2/q+1;;/p-1. The van der Waals surface area contributed by atoms with Gasteiger partial charge in [-0.25, -0.2) is 9.13 Å². The quantitative estimate of drug-likeness (QED) is 0.654. The van der Waals surface area contributed by atoms with Crippen LogP contribution in [0.3, 0.4) is 0 Å². The van der Waals surface area contributed by atoms with E-state index in [4.69, 9.17) is 0 Å². The van der Waals surface area contributed by atoms with Gasteiger partial charge >= 0.3 is 0 Å². The Kier molecular flexibility index (Phi) is 8.68. The number of aromatic nitrogens is 2. The van der Waals surface area contributed by atoms with Gasteiger partial charge in [-0.05, 0) is 25.0 Å². The maximum Gasteiger partial charge on any atom is 0.244 e. The number of halogens is 1. The van der Waals surface area contributed by atoms with Crippen molar-refractivity contribution in [3.05, 3.63) is 30.6 Å². The van der Waals surface area contributed by atoms with Gasteiger partial charge in [-0.1, -0.05) is 38.8 Å². The molecule has 2 rings (SSSR count). The number of nitrogens with zero attached hydrogens (tertiary/aromatic N) is 2. The summed E-state index contributed by atoms with van der Waals surface area (Å²) < 4.78 is 4.79. The van der Waals surface area contributed by atoms with Gasteiger partial charge in [-0.3, -0.25) is 0 Å². The number of aryl methyl sites for hydroxylation is 2. The van der Waals surface area contributed by atoms with Crippen LogP contribution >= 0.6 is 0 Å². The Hall–Kier alpha value is -0.870. The third-order valence-electron chi connectivity index (χ3n) is 3.28. The van der Waals surface area contributed by atoms with E-state index in [1.807, 2.05) is 0 Å². The van der Waals surface area contributed by atoms with E-state index in [0.29, 0.717) is 0 Å². The average Bonchev–Trinajstić information content (AvgIpc) is 2.72. The molecule has 0 aliphatic heterocycles. The number of hydrogen-bond acceptors (Lipinski definition) is 0. The van der Waals surface area contributed by atoms with Gasteiger partial charge in [0.15, 0.2) is 11.0 Å². The normalized spacial score (nSPS) is 10.0. The molecular weight excluding hydrogens is 304 g/mol. The fraction of sp³-hybridized carbons (Fsp3) is 0.533. The molecule has 1 heterocycles. The molecule has 0 bridgehead atoms. The number of imidazole rings is 1. The summed E-state index contributed by atoms with van der Waals surface area (Å²) in [5.41, 5.74) is 2.74. The molecule has 3 nitrogen and oxygen atoms in total. The smallest absolute Gasteiger partial charge is 0.244 e. The molecule has 1 aromatic heterocycles.